The number of nitrogens with two attached hydrogens (primary N) is 1. The van der Waals surface area contributed by atoms with Crippen molar-refractivity contribution in [3.63, 3.8) is 0 Å². The van der Waals surface area contributed by atoms with Crippen molar-refractivity contribution in [2.45, 2.75) is 31.9 Å². The van der Waals surface area contributed by atoms with E-state index in [0.717, 1.165) is 24.1 Å². The van der Waals surface area contributed by atoms with Gasteiger partial charge < -0.3 is 5.73 Å². The van der Waals surface area contributed by atoms with Crippen molar-refractivity contribution in [2.75, 3.05) is 6.26 Å². The van der Waals surface area contributed by atoms with Gasteiger partial charge in [0.1, 0.15) is 0 Å². The SMILES string of the molecule is C=C(C)CC(C)=C=CC(CC(=C)N)SC. The van der Waals surface area contributed by atoms with E-state index < -0.39 is 0 Å². The fourth-order valence-electron chi connectivity index (χ4n) is 1.21. The van der Waals surface area contributed by atoms with Crippen molar-refractivity contribution in [1.82, 2.24) is 0 Å². The van der Waals surface area contributed by atoms with Gasteiger partial charge in [-0.1, -0.05) is 18.7 Å². The molecule has 1 nitrogen and oxygen atoms in total. The third-order valence-corrected chi connectivity index (χ3v) is 2.76. The van der Waals surface area contributed by atoms with Crippen LogP contribution in [0.25, 0.3) is 0 Å². The second kappa shape index (κ2) is 7.44. The Bertz CT molecular complexity index is 296. The average molecular weight is 223 g/mol. The van der Waals surface area contributed by atoms with Crippen molar-refractivity contribution < 1.29 is 0 Å². The third-order valence-electron chi connectivity index (χ3n) is 1.85. The molecule has 0 rings (SSSR count). The fraction of sp³-hybridized carbons (Fsp3) is 0.462. The molecule has 0 heterocycles. The zero-order valence-electron chi connectivity index (χ0n) is 9.97. The molecule has 0 bridgehead atoms. The highest BCUT2D eigenvalue weighted by molar-refractivity contribution is 7.99. The smallest absolute Gasteiger partial charge is 0.0353 e. The molecule has 1 unspecified atom stereocenters. The van der Waals surface area contributed by atoms with Gasteiger partial charge in [0.2, 0.25) is 0 Å². The molecule has 0 saturated heterocycles. The van der Waals surface area contributed by atoms with Crippen molar-refractivity contribution in [1.29, 1.82) is 0 Å². The van der Waals surface area contributed by atoms with Gasteiger partial charge in [0, 0.05) is 17.4 Å². The second-order valence-corrected chi connectivity index (χ2v) is 4.94. The van der Waals surface area contributed by atoms with Crippen LogP contribution in [0, 0.1) is 0 Å². The molecule has 2 N–H and O–H groups in total. The summed E-state index contributed by atoms with van der Waals surface area (Å²) in [6.45, 7) is 11.7. The number of rotatable bonds is 6. The summed E-state index contributed by atoms with van der Waals surface area (Å²) >= 11 is 1.76. The first-order valence-corrected chi connectivity index (χ1v) is 6.27. The monoisotopic (exact) mass is 223 g/mol. The molecular weight excluding hydrogens is 202 g/mol. The van der Waals surface area contributed by atoms with Gasteiger partial charge in [-0.2, -0.15) is 11.8 Å². The van der Waals surface area contributed by atoms with Crippen LogP contribution in [0.2, 0.25) is 0 Å². The minimum Gasteiger partial charge on any atom is -0.402 e. The van der Waals surface area contributed by atoms with Crippen LogP contribution in [0.4, 0.5) is 0 Å². The molecule has 0 radical (unpaired) electrons. The Morgan fingerprint density at radius 3 is 2.47 bits per heavy atom. The summed E-state index contributed by atoms with van der Waals surface area (Å²) in [6, 6.07) is 0. The molecule has 0 amide bonds. The third kappa shape index (κ3) is 8.17. The van der Waals surface area contributed by atoms with Crippen LogP contribution in [-0.2, 0) is 0 Å². The largest absolute Gasteiger partial charge is 0.402 e. The standard InChI is InChI=1S/C13H21NS/c1-10(2)8-11(3)6-7-13(15-5)9-12(4)14/h7,13H,1,4,8-9,14H2,2-3,5H3. The van der Waals surface area contributed by atoms with Crippen molar-refractivity contribution in [3.05, 3.63) is 41.8 Å². The Balaban J connectivity index is 4.43. The molecule has 0 saturated carbocycles. The maximum absolute atomic E-state index is 5.58. The van der Waals surface area contributed by atoms with Gasteiger partial charge >= 0.3 is 0 Å². The lowest BCUT2D eigenvalue weighted by atomic mass is 10.1. The van der Waals surface area contributed by atoms with Gasteiger partial charge in [-0.3, -0.25) is 0 Å². The highest BCUT2D eigenvalue weighted by Gasteiger charge is 2.02. The quantitative estimate of drug-likeness (QED) is 0.549. The molecular formula is C13H21NS. The Morgan fingerprint density at radius 2 is 2.07 bits per heavy atom. The van der Waals surface area contributed by atoms with E-state index in [-0.39, 0.29) is 0 Å². The van der Waals surface area contributed by atoms with E-state index in [4.69, 9.17) is 5.73 Å². The Kier molecular flexibility index (Phi) is 7.02. The number of hydrogen-bond donors (Lipinski definition) is 1. The van der Waals surface area contributed by atoms with Gasteiger partial charge in [-0.15, -0.1) is 5.73 Å². The van der Waals surface area contributed by atoms with Gasteiger partial charge in [-0.05, 0) is 38.2 Å². The maximum Gasteiger partial charge on any atom is 0.0353 e. The summed E-state index contributed by atoms with van der Waals surface area (Å²) in [7, 11) is 0. The van der Waals surface area contributed by atoms with Crippen LogP contribution in [0.15, 0.2) is 41.8 Å². The van der Waals surface area contributed by atoms with Crippen LogP contribution in [0.5, 0.6) is 0 Å². The molecule has 0 aliphatic rings. The predicted octanol–water partition coefficient (Wildman–Crippen LogP) is 3.65. The minimum atomic E-state index is 0.377. The second-order valence-electron chi connectivity index (χ2n) is 3.86. The van der Waals surface area contributed by atoms with E-state index >= 15 is 0 Å². The van der Waals surface area contributed by atoms with Crippen LogP contribution >= 0.6 is 11.8 Å². The predicted molar refractivity (Wildman–Crippen MR) is 71.9 cm³/mol. The van der Waals surface area contributed by atoms with Crippen LogP contribution < -0.4 is 5.73 Å². The molecule has 0 aromatic heterocycles. The summed E-state index contributed by atoms with van der Waals surface area (Å²) in [5.74, 6) is 0. The summed E-state index contributed by atoms with van der Waals surface area (Å²) in [6.07, 6.45) is 5.87. The average Bonchev–Trinajstić information content (AvgIpc) is 2.10. The van der Waals surface area contributed by atoms with Gasteiger partial charge in [0.25, 0.3) is 0 Å². The Labute approximate surface area is 97.8 Å². The van der Waals surface area contributed by atoms with Crippen molar-refractivity contribution in [3.8, 4) is 0 Å². The summed E-state index contributed by atoms with van der Waals surface area (Å²) in [5.41, 5.74) is 12.0. The first-order chi connectivity index (χ1) is 6.95. The van der Waals surface area contributed by atoms with E-state index in [2.05, 4.69) is 38.1 Å². The zero-order chi connectivity index (χ0) is 11.8. The first-order valence-electron chi connectivity index (χ1n) is 4.98. The molecule has 0 aliphatic heterocycles. The number of allylic oxidation sites excluding steroid dienone is 2. The maximum atomic E-state index is 5.58. The van der Waals surface area contributed by atoms with Gasteiger partial charge in [-0.25, -0.2) is 0 Å². The summed E-state index contributed by atoms with van der Waals surface area (Å²) in [4.78, 5) is 0. The molecule has 0 aromatic rings. The molecule has 15 heavy (non-hydrogen) atoms. The normalized spacial score (nSPS) is 11.4. The Morgan fingerprint density at radius 1 is 1.47 bits per heavy atom. The molecule has 1 atom stereocenters. The lowest BCUT2D eigenvalue weighted by Crippen LogP contribution is -2.04. The first kappa shape index (κ1) is 14.2. The van der Waals surface area contributed by atoms with Crippen LogP contribution in [0.1, 0.15) is 26.7 Å². The van der Waals surface area contributed by atoms with Crippen LogP contribution in [0.3, 0.4) is 0 Å². The number of thioether (sulfide) groups is 1. The van der Waals surface area contributed by atoms with E-state index in [1.54, 1.807) is 11.8 Å². The Hall–Kier alpha value is -0.850. The van der Waals surface area contributed by atoms with Crippen LogP contribution in [-0.4, -0.2) is 11.5 Å². The highest BCUT2D eigenvalue weighted by Crippen LogP contribution is 2.15. The molecule has 0 aromatic carbocycles. The van der Waals surface area contributed by atoms with Crippen molar-refractivity contribution >= 4 is 11.8 Å². The van der Waals surface area contributed by atoms with E-state index in [1.807, 2.05) is 6.92 Å². The lowest BCUT2D eigenvalue weighted by molar-refractivity contribution is 0.984. The van der Waals surface area contributed by atoms with E-state index in [0.29, 0.717) is 5.25 Å². The lowest BCUT2D eigenvalue weighted by Gasteiger charge is -2.07. The molecule has 2 heteroatoms. The fourth-order valence-corrected chi connectivity index (χ4v) is 1.79. The minimum absolute atomic E-state index is 0.377. The van der Waals surface area contributed by atoms with Gasteiger partial charge in [0.05, 0.1) is 0 Å². The van der Waals surface area contributed by atoms with E-state index in [1.165, 1.54) is 5.57 Å². The van der Waals surface area contributed by atoms with Crippen molar-refractivity contribution in [2.24, 2.45) is 5.73 Å². The summed E-state index contributed by atoms with van der Waals surface area (Å²) in [5, 5.41) is 0.377. The highest BCUT2D eigenvalue weighted by atomic mass is 32.2. The molecule has 0 aliphatic carbocycles. The molecule has 0 fully saturated rings. The number of hydrogen-bond acceptors (Lipinski definition) is 2. The molecule has 0 spiro atoms. The van der Waals surface area contributed by atoms with Gasteiger partial charge in [0.15, 0.2) is 0 Å². The zero-order valence-corrected chi connectivity index (χ0v) is 10.8. The summed E-state index contributed by atoms with van der Waals surface area (Å²) < 4.78 is 0. The topological polar surface area (TPSA) is 26.0 Å². The molecule has 84 valence electrons. The van der Waals surface area contributed by atoms with E-state index in [9.17, 15) is 0 Å².